The van der Waals surface area contributed by atoms with E-state index < -0.39 is 89.6 Å². The molecule has 0 saturated carbocycles. The highest BCUT2D eigenvalue weighted by Gasteiger charge is 2.42. The zero-order valence-electron chi connectivity index (χ0n) is 51.8. The Kier molecular flexibility index (Phi) is 25.7. The van der Waals surface area contributed by atoms with Crippen LogP contribution in [0.5, 0.6) is 0 Å². The summed E-state index contributed by atoms with van der Waals surface area (Å²) in [6.45, 7) is 14.4. The Balaban J connectivity index is 0.000000253. The molecule has 2 unspecified atom stereocenters. The third kappa shape index (κ3) is 23.2. The highest BCUT2D eigenvalue weighted by Crippen LogP contribution is 2.33. The van der Waals surface area contributed by atoms with Crippen LogP contribution in [0.4, 0.5) is 32.3 Å². The molecule has 0 spiro atoms. The minimum absolute atomic E-state index is 0.00198. The van der Waals surface area contributed by atoms with Crippen LogP contribution in [0.25, 0.3) is 0 Å². The standard InChI is InChI=1S/C32H39F3N2O8S.C25H36N2O6.C7H7ClO2S/c1-31(2,3)44-30(40)37-20-25(45-46(41,42)26-12-9-24(10-13-26)32(33,34)35)11-14-27(37)28(38)19-22-15-17-36(18-16-22)29(39)43-21-23-7-5-4-6-8-23;1-25(2,3)33-24(31)27-16-20(28)9-10-21(27)22(29)15-18-11-13-26(14-12-18)23(30)32-17-19-7-5-4-6-8-19;1-6-2-4-7(5-3-6)11(8,9)10/h4-10,12-13,22,25,27H,11,14-21H2,1-3H3;4-8,18,20-21,28H,9-17H2,1-3H3;2-5H,1H3/t25-,27?;20-,21?;/m00./s1. The second-order valence-corrected chi connectivity index (χ2v) is 29.0. The van der Waals surface area contributed by atoms with Crippen molar-refractivity contribution in [2.24, 2.45) is 11.8 Å². The van der Waals surface area contributed by atoms with Crippen molar-refractivity contribution in [1.29, 1.82) is 0 Å². The van der Waals surface area contributed by atoms with E-state index in [2.05, 4.69) is 0 Å². The van der Waals surface area contributed by atoms with Gasteiger partial charge in [0.15, 0.2) is 11.6 Å². The van der Waals surface area contributed by atoms with Gasteiger partial charge in [-0.2, -0.15) is 21.6 Å². The Bertz CT molecular complexity index is 3260. The molecule has 494 valence electrons. The number of carbonyl (C=O) groups excluding carboxylic acids is 6. The number of aliphatic hydroxyl groups excluding tert-OH is 1. The van der Waals surface area contributed by atoms with E-state index in [9.17, 15) is 63.9 Å². The first-order valence-electron chi connectivity index (χ1n) is 29.9. The van der Waals surface area contributed by atoms with Gasteiger partial charge in [0.25, 0.3) is 19.2 Å². The van der Waals surface area contributed by atoms with Gasteiger partial charge in [-0.25, -0.2) is 27.6 Å². The van der Waals surface area contributed by atoms with Crippen LogP contribution < -0.4 is 0 Å². The van der Waals surface area contributed by atoms with Crippen molar-refractivity contribution < 1.29 is 87.0 Å². The molecule has 8 rings (SSSR count). The Morgan fingerprint density at radius 2 is 0.933 bits per heavy atom. The summed E-state index contributed by atoms with van der Waals surface area (Å²) in [5.74, 6) is -0.0823. The average Bonchev–Trinajstić information content (AvgIpc) is 1.27. The molecule has 26 heteroatoms. The Hall–Kier alpha value is -6.80. The number of β-amino-alcohol motifs (C(OH)–C–C–N with tert-alkyl or cyclic N) is 1. The van der Waals surface area contributed by atoms with Gasteiger partial charge in [0, 0.05) is 49.7 Å². The fraction of sp³-hybridized carbons (Fsp3) is 0.531. The van der Waals surface area contributed by atoms with Gasteiger partial charge in [-0.05, 0) is 159 Å². The first-order valence-corrected chi connectivity index (χ1v) is 33.6. The van der Waals surface area contributed by atoms with Crippen molar-refractivity contribution in [1.82, 2.24) is 19.6 Å². The highest BCUT2D eigenvalue weighted by molar-refractivity contribution is 8.13. The summed E-state index contributed by atoms with van der Waals surface area (Å²) in [5.41, 5.74) is 0.257. The Morgan fingerprint density at radius 1 is 0.533 bits per heavy atom. The lowest BCUT2D eigenvalue weighted by Crippen LogP contribution is -2.54. The van der Waals surface area contributed by atoms with Crippen molar-refractivity contribution >= 4 is 65.8 Å². The van der Waals surface area contributed by atoms with Gasteiger partial charge in [-0.1, -0.05) is 78.4 Å². The number of amides is 4. The second-order valence-electron chi connectivity index (χ2n) is 24.8. The van der Waals surface area contributed by atoms with E-state index >= 15 is 0 Å². The number of piperidine rings is 4. The minimum Gasteiger partial charge on any atom is -0.445 e. The van der Waals surface area contributed by atoms with Gasteiger partial charge in [0.1, 0.15) is 24.4 Å². The number of ketones is 2. The first-order chi connectivity index (χ1) is 42.1. The number of likely N-dealkylation sites (tertiary alicyclic amines) is 4. The maximum Gasteiger partial charge on any atom is 0.416 e. The summed E-state index contributed by atoms with van der Waals surface area (Å²) in [5, 5.41) is 10.0. The van der Waals surface area contributed by atoms with Crippen molar-refractivity contribution in [3.05, 3.63) is 131 Å². The van der Waals surface area contributed by atoms with Gasteiger partial charge in [0.2, 0.25) is 0 Å². The maximum atomic E-state index is 13.5. The molecule has 0 aliphatic carbocycles. The molecular weight excluding hydrogens is 1240 g/mol. The average molecular weight is 1320 g/mol. The van der Waals surface area contributed by atoms with Crippen LogP contribution in [0.15, 0.2) is 119 Å². The molecule has 1 N–H and O–H groups in total. The lowest BCUT2D eigenvalue weighted by Gasteiger charge is -2.39. The van der Waals surface area contributed by atoms with Gasteiger partial charge in [-0.3, -0.25) is 23.6 Å². The number of hydrogen-bond acceptors (Lipinski definition) is 16. The van der Waals surface area contributed by atoms with Gasteiger partial charge >= 0.3 is 30.5 Å². The number of nitrogens with zero attached hydrogens (tertiary/aromatic N) is 4. The van der Waals surface area contributed by atoms with Crippen molar-refractivity contribution in [3.63, 3.8) is 0 Å². The SMILES string of the molecule is CC(C)(C)OC(=O)N1C[C@@H](O)CCC1C(=O)CC1CCN(C(=O)OCc2ccccc2)CC1.CC(C)(C)OC(=O)N1C[C@@H](OS(=O)(=O)c2ccc(C(F)(F)F)cc2)CCC1C(=O)CC1CCN(C(=O)OCc2ccccc2)CC1.Cc1ccc(S(=O)(=O)Cl)cc1. The van der Waals surface area contributed by atoms with E-state index in [1.54, 1.807) is 63.5 Å². The molecule has 4 aromatic carbocycles. The molecule has 4 saturated heterocycles. The largest absolute Gasteiger partial charge is 0.445 e. The van der Waals surface area contributed by atoms with E-state index in [4.69, 9.17) is 33.8 Å². The number of ether oxygens (including phenoxy) is 4. The molecule has 4 heterocycles. The Labute approximate surface area is 529 Å². The monoisotopic (exact) mass is 1320 g/mol. The maximum absolute atomic E-state index is 13.5. The number of Topliss-reactive ketones (excluding diaryl/α,β-unsaturated/α-hetero) is 2. The summed E-state index contributed by atoms with van der Waals surface area (Å²) >= 11 is 0. The molecule has 90 heavy (non-hydrogen) atoms. The fourth-order valence-corrected chi connectivity index (χ4v) is 12.4. The van der Waals surface area contributed by atoms with Gasteiger partial charge in [0.05, 0.1) is 52.7 Å². The zero-order valence-corrected chi connectivity index (χ0v) is 54.2. The lowest BCUT2D eigenvalue weighted by atomic mass is 9.87. The van der Waals surface area contributed by atoms with Crippen molar-refractivity contribution in [2.75, 3.05) is 39.3 Å². The summed E-state index contributed by atoms with van der Waals surface area (Å²) < 4.78 is 113. The summed E-state index contributed by atoms with van der Waals surface area (Å²) in [6, 6.07) is 26.7. The Morgan fingerprint density at radius 3 is 1.33 bits per heavy atom. The van der Waals surface area contributed by atoms with E-state index in [1.165, 1.54) is 21.9 Å². The molecule has 0 bridgehead atoms. The first kappa shape index (κ1) is 72.3. The molecule has 4 atom stereocenters. The van der Waals surface area contributed by atoms with Crippen LogP contribution in [-0.4, -0.2) is 152 Å². The van der Waals surface area contributed by atoms with Crippen LogP contribution in [-0.2, 0) is 71.3 Å². The predicted molar refractivity (Wildman–Crippen MR) is 327 cm³/mol. The number of aliphatic hydroxyl groups is 1. The number of carbonyl (C=O) groups is 6. The number of benzene rings is 4. The number of alkyl halides is 3. The van der Waals surface area contributed by atoms with Crippen molar-refractivity contribution in [3.8, 4) is 0 Å². The summed E-state index contributed by atoms with van der Waals surface area (Å²) in [6.07, 6.45) is -4.21. The summed E-state index contributed by atoms with van der Waals surface area (Å²) in [4.78, 5) is 82.9. The van der Waals surface area contributed by atoms with Crippen LogP contribution in [0, 0.1) is 18.8 Å². The number of halogens is 4. The van der Waals surface area contributed by atoms with Gasteiger partial charge < -0.3 is 33.9 Å². The van der Waals surface area contributed by atoms with Crippen LogP contribution in [0.2, 0.25) is 0 Å². The molecule has 0 radical (unpaired) electrons. The molecule has 4 amide bonds. The molecule has 4 aromatic rings. The van der Waals surface area contributed by atoms with E-state index in [1.807, 2.05) is 67.6 Å². The fourth-order valence-electron chi connectivity index (χ4n) is 10.5. The third-order valence-corrected chi connectivity index (χ3v) is 18.0. The van der Waals surface area contributed by atoms with E-state index in [0.717, 1.165) is 28.8 Å². The topological polar surface area (TPSA) is 250 Å². The highest BCUT2D eigenvalue weighted by atomic mass is 35.7. The number of aryl methyl sites for hydroxylation is 1. The van der Waals surface area contributed by atoms with E-state index in [-0.39, 0.29) is 80.0 Å². The predicted octanol–water partition coefficient (Wildman–Crippen LogP) is 11.9. The minimum atomic E-state index is -4.63. The number of rotatable bonds is 14. The van der Waals surface area contributed by atoms with E-state index in [0.29, 0.717) is 83.3 Å². The van der Waals surface area contributed by atoms with Crippen LogP contribution >= 0.6 is 10.7 Å². The molecule has 4 fully saturated rings. The normalized spacial score (nSPS) is 19.6. The second kappa shape index (κ2) is 32.0. The molecule has 4 aliphatic heterocycles. The smallest absolute Gasteiger partial charge is 0.416 e. The van der Waals surface area contributed by atoms with Crippen molar-refractivity contribution in [2.45, 2.75) is 177 Å². The molecule has 0 aromatic heterocycles. The molecule has 20 nitrogen and oxygen atoms in total. The third-order valence-electron chi connectivity index (χ3n) is 15.3. The molecular formula is C64H82ClF3N4O16S2. The van der Waals surface area contributed by atoms with Crippen LogP contribution in [0.3, 0.4) is 0 Å². The number of hydrogen-bond donors (Lipinski definition) is 1. The van der Waals surface area contributed by atoms with Gasteiger partial charge in [-0.15, -0.1) is 0 Å². The van der Waals surface area contributed by atoms with Crippen LogP contribution in [0.1, 0.15) is 128 Å². The molecule has 4 aliphatic rings. The lowest BCUT2D eigenvalue weighted by molar-refractivity contribution is -0.137. The quantitative estimate of drug-likeness (QED) is 0.0700. The summed E-state index contributed by atoms with van der Waals surface area (Å²) in [7, 11) is -2.94. The zero-order chi connectivity index (χ0) is 66.2.